The summed E-state index contributed by atoms with van der Waals surface area (Å²) in [5.41, 5.74) is 0.739. The van der Waals surface area contributed by atoms with Gasteiger partial charge in [0.05, 0.1) is 23.8 Å². The van der Waals surface area contributed by atoms with Gasteiger partial charge < -0.3 is 9.64 Å². The highest BCUT2D eigenvalue weighted by Crippen LogP contribution is 2.30. The zero-order chi connectivity index (χ0) is 16.1. The second kappa shape index (κ2) is 7.21. The maximum absolute atomic E-state index is 12.7. The van der Waals surface area contributed by atoms with Crippen molar-refractivity contribution in [3.8, 4) is 6.07 Å². The number of carbonyl (C=O) groups excluding carboxylic acids is 1. The summed E-state index contributed by atoms with van der Waals surface area (Å²) in [7, 11) is 0. The Morgan fingerprint density at radius 3 is 2.68 bits per heavy atom. The minimum atomic E-state index is -2.59. The van der Waals surface area contributed by atoms with Gasteiger partial charge in [0.1, 0.15) is 6.07 Å². The lowest BCUT2D eigenvalue weighted by Gasteiger charge is -2.33. The van der Waals surface area contributed by atoms with Gasteiger partial charge in [-0.3, -0.25) is 4.79 Å². The Kier molecular flexibility index (Phi) is 5.31. The van der Waals surface area contributed by atoms with Crippen LogP contribution in [0.15, 0.2) is 18.2 Å². The van der Waals surface area contributed by atoms with Crippen molar-refractivity contribution >= 4 is 11.7 Å². The molecule has 2 rings (SSSR count). The molecule has 0 spiro atoms. The number of nitriles is 1. The number of anilines is 1. The van der Waals surface area contributed by atoms with Crippen LogP contribution in [0.3, 0.4) is 0 Å². The summed E-state index contributed by atoms with van der Waals surface area (Å²) in [4.78, 5) is 13.7. The highest BCUT2D eigenvalue weighted by Gasteiger charge is 2.27. The van der Waals surface area contributed by atoms with Gasteiger partial charge in [0.15, 0.2) is 0 Å². The number of ether oxygens (including phenoxy) is 1. The lowest BCUT2D eigenvalue weighted by molar-refractivity contribution is -0.148. The maximum Gasteiger partial charge on any atom is 0.309 e. The van der Waals surface area contributed by atoms with Crippen LogP contribution >= 0.6 is 0 Å². The van der Waals surface area contributed by atoms with Crippen LogP contribution < -0.4 is 4.90 Å². The van der Waals surface area contributed by atoms with E-state index in [-0.39, 0.29) is 23.0 Å². The molecule has 0 amide bonds. The highest BCUT2D eigenvalue weighted by molar-refractivity contribution is 5.73. The molecule has 1 aliphatic heterocycles. The van der Waals surface area contributed by atoms with Crippen molar-refractivity contribution in [1.82, 2.24) is 0 Å². The molecule has 1 aromatic carbocycles. The van der Waals surface area contributed by atoms with Gasteiger partial charge in [-0.2, -0.15) is 5.26 Å². The molecule has 4 nitrogen and oxygen atoms in total. The van der Waals surface area contributed by atoms with Gasteiger partial charge in [-0.15, -0.1) is 0 Å². The Bertz CT molecular complexity index is 576. The minimum absolute atomic E-state index is 0.123. The van der Waals surface area contributed by atoms with Gasteiger partial charge in [-0.05, 0) is 31.9 Å². The third-order valence-electron chi connectivity index (χ3n) is 3.85. The first-order chi connectivity index (χ1) is 10.6. The van der Waals surface area contributed by atoms with Crippen molar-refractivity contribution in [2.45, 2.75) is 26.2 Å². The van der Waals surface area contributed by atoms with Crippen molar-refractivity contribution in [1.29, 1.82) is 5.26 Å². The predicted octanol–water partition coefficient (Wildman–Crippen LogP) is 3.28. The Hall–Kier alpha value is -2.16. The molecule has 1 aromatic rings. The summed E-state index contributed by atoms with van der Waals surface area (Å²) >= 11 is 0. The quantitative estimate of drug-likeness (QED) is 0.801. The number of rotatable bonds is 4. The smallest absolute Gasteiger partial charge is 0.309 e. The zero-order valence-electron chi connectivity index (χ0n) is 12.4. The summed E-state index contributed by atoms with van der Waals surface area (Å²) in [5.74, 6) is -0.308. The normalized spacial score (nSPS) is 15.7. The maximum atomic E-state index is 12.7. The van der Waals surface area contributed by atoms with Gasteiger partial charge in [-0.1, -0.05) is 6.07 Å². The molecule has 1 aliphatic rings. The number of esters is 1. The van der Waals surface area contributed by atoms with E-state index in [9.17, 15) is 13.6 Å². The fourth-order valence-corrected chi connectivity index (χ4v) is 2.67. The van der Waals surface area contributed by atoms with Gasteiger partial charge in [0.25, 0.3) is 6.43 Å². The minimum Gasteiger partial charge on any atom is -0.466 e. The lowest BCUT2D eigenvalue weighted by atomic mass is 9.96. The van der Waals surface area contributed by atoms with Crippen LogP contribution in [0.1, 0.15) is 37.3 Å². The van der Waals surface area contributed by atoms with Gasteiger partial charge in [-0.25, -0.2) is 8.78 Å². The monoisotopic (exact) mass is 308 g/mol. The van der Waals surface area contributed by atoms with Crippen LogP contribution in [0.4, 0.5) is 14.5 Å². The molecule has 0 atom stereocenters. The summed E-state index contributed by atoms with van der Waals surface area (Å²) in [5, 5.41) is 9.17. The third kappa shape index (κ3) is 3.53. The molecule has 0 aromatic heterocycles. The van der Waals surface area contributed by atoms with E-state index in [0.717, 1.165) is 0 Å². The molecule has 1 fully saturated rings. The number of benzene rings is 1. The number of nitrogens with zero attached hydrogens (tertiary/aromatic N) is 2. The molecule has 0 radical (unpaired) electrons. The largest absolute Gasteiger partial charge is 0.466 e. The molecule has 118 valence electrons. The molecule has 6 heteroatoms. The molecule has 22 heavy (non-hydrogen) atoms. The Morgan fingerprint density at radius 1 is 1.45 bits per heavy atom. The van der Waals surface area contributed by atoms with E-state index >= 15 is 0 Å². The van der Waals surface area contributed by atoms with E-state index in [1.807, 2.05) is 11.0 Å². The number of hydrogen-bond acceptors (Lipinski definition) is 4. The standard InChI is InChI=1S/C16H18F2N2O2/c1-2-22-16(21)11-5-7-20(8-6-11)14-4-3-12(15(17)18)9-13(14)10-19/h3-4,9,11,15H,2,5-8H2,1H3. The highest BCUT2D eigenvalue weighted by atomic mass is 19.3. The molecule has 0 unspecified atom stereocenters. The van der Waals surface area contributed by atoms with E-state index in [1.165, 1.54) is 12.1 Å². The van der Waals surface area contributed by atoms with Gasteiger partial charge in [0, 0.05) is 18.7 Å². The summed E-state index contributed by atoms with van der Waals surface area (Å²) in [6.45, 7) is 3.35. The number of alkyl halides is 2. The van der Waals surface area contributed by atoms with E-state index in [0.29, 0.717) is 38.2 Å². The second-order valence-corrected chi connectivity index (χ2v) is 5.20. The van der Waals surface area contributed by atoms with Gasteiger partial charge >= 0.3 is 5.97 Å². The average Bonchev–Trinajstić information content (AvgIpc) is 2.54. The lowest BCUT2D eigenvalue weighted by Crippen LogP contribution is -2.37. The molecule has 1 saturated heterocycles. The van der Waals surface area contributed by atoms with Crippen LogP contribution in [0.25, 0.3) is 0 Å². The molecular formula is C16H18F2N2O2. The first-order valence-electron chi connectivity index (χ1n) is 7.30. The van der Waals surface area contributed by atoms with Crippen molar-refractivity contribution in [2.75, 3.05) is 24.6 Å². The van der Waals surface area contributed by atoms with Crippen molar-refractivity contribution in [3.05, 3.63) is 29.3 Å². The summed E-state index contributed by atoms with van der Waals surface area (Å²) in [6.07, 6.45) is -1.31. The SMILES string of the molecule is CCOC(=O)C1CCN(c2ccc(C(F)F)cc2C#N)CC1. The molecule has 0 bridgehead atoms. The average molecular weight is 308 g/mol. The fraction of sp³-hybridized carbons (Fsp3) is 0.500. The van der Waals surface area contributed by atoms with E-state index in [1.54, 1.807) is 13.0 Å². The molecule has 0 N–H and O–H groups in total. The van der Waals surface area contributed by atoms with Crippen molar-refractivity contribution in [2.24, 2.45) is 5.92 Å². The van der Waals surface area contributed by atoms with Crippen LogP contribution in [-0.2, 0) is 9.53 Å². The zero-order valence-corrected chi connectivity index (χ0v) is 12.4. The fourth-order valence-electron chi connectivity index (χ4n) is 2.67. The summed E-state index contributed by atoms with van der Waals surface area (Å²) in [6, 6.07) is 6.12. The first-order valence-corrected chi connectivity index (χ1v) is 7.30. The predicted molar refractivity (Wildman–Crippen MR) is 77.7 cm³/mol. The number of piperidine rings is 1. The number of halogens is 2. The van der Waals surface area contributed by atoms with Crippen LogP contribution in [0, 0.1) is 17.2 Å². The van der Waals surface area contributed by atoms with Crippen LogP contribution in [0.5, 0.6) is 0 Å². The van der Waals surface area contributed by atoms with Crippen LogP contribution in [0.2, 0.25) is 0 Å². The Labute approximate surface area is 128 Å². The third-order valence-corrected chi connectivity index (χ3v) is 3.85. The second-order valence-electron chi connectivity index (χ2n) is 5.20. The van der Waals surface area contributed by atoms with Gasteiger partial charge in [0.2, 0.25) is 0 Å². The molecule has 1 heterocycles. The molecular weight excluding hydrogens is 290 g/mol. The Balaban J connectivity index is 2.08. The molecule has 0 saturated carbocycles. The summed E-state index contributed by atoms with van der Waals surface area (Å²) < 4.78 is 30.4. The van der Waals surface area contributed by atoms with Crippen molar-refractivity contribution < 1.29 is 18.3 Å². The number of carbonyl (C=O) groups is 1. The first kappa shape index (κ1) is 16.2. The topological polar surface area (TPSA) is 53.3 Å². The van der Waals surface area contributed by atoms with Crippen LogP contribution in [-0.4, -0.2) is 25.7 Å². The van der Waals surface area contributed by atoms with E-state index in [4.69, 9.17) is 10.00 Å². The molecule has 0 aliphatic carbocycles. The van der Waals surface area contributed by atoms with E-state index in [2.05, 4.69) is 0 Å². The van der Waals surface area contributed by atoms with Crippen molar-refractivity contribution in [3.63, 3.8) is 0 Å². The van der Waals surface area contributed by atoms with E-state index < -0.39 is 6.43 Å². The number of hydrogen-bond donors (Lipinski definition) is 0. The Morgan fingerprint density at radius 2 is 2.14 bits per heavy atom.